The van der Waals surface area contributed by atoms with Crippen LogP contribution in [0, 0.1) is 0 Å². The summed E-state index contributed by atoms with van der Waals surface area (Å²) in [6, 6.07) is 12.3. The molecule has 0 radical (unpaired) electrons. The highest BCUT2D eigenvalue weighted by atomic mass is 32.2. The topological polar surface area (TPSA) is 91.3 Å². The van der Waals surface area contributed by atoms with Crippen LogP contribution in [0.1, 0.15) is 44.9 Å². The predicted molar refractivity (Wildman–Crippen MR) is 133 cm³/mol. The Labute approximate surface area is 233 Å². The van der Waals surface area contributed by atoms with Gasteiger partial charge in [-0.3, -0.25) is 0 Å². The van der Waals surface area contributed by atoms with E-state index in [1.54, 1.807) is 0 Å². The molecule has 2 aliphatic rings. The smallest absolute Gasteiger partial charge is 0.460 e. The second-order valence-electron chi connectivity index (χ2n) is 9.70. The summed E-state index contributed by atoms with van der Waals surface area (Å²) in [5.74, 6) is -12.2. The molecule has 0 atom stereocenters. The van der Waals surface area contributed by atoms with Gasteiger partial charge in [0.2, 0.25) is 0 Å². The van der Waals surface area contributed by atoms with E-state index in [0.717, 1.165) is 31.1 Å². The second-order valence-corrected chi connectivity index (χ2v) is 15.6. The molecule has 1 aliphatic heterocycles. The molecule has 2 aromatic rings. The molecular formula is C24H25F9O5S3. The fraction of sp³-hybridized carbons (Fsp3) is 0.583. The first kappa shape index (κ1) is 33.8. The zero-order chi connectivity index (χ0) is 31.1. The maximum absolute atomic E-state index is 12.9. The molecule has 5 nitrogen and oxygen atoms in total. The molecule has 0 aromatic heterocycles. The summed E-state index contributed by atoms with van der Waals surface area (Å²) < 4.78 is 161. The quantitative estimate of drug-likeness (QED) is 0.196. The van der Waals surface area contributed by atoms with E-state index in [4.69, 9.17) is 0 Å². The lowest BCUT2D eigenvalue weighted by molar-refractivity contribution is -0.382. The first-order chi connectivity index (χ1) is 18.6. The van der Waals surface area contributed by atoms with Crippen LogP contribution in [0.3, 0.4) is 0 Å². The number of benzene rings is 2. The molecule has 232 valence electrons. The summed E-state index contributed by atoms with van der Waals surface area (Å²) in [5.41, 5.74) is 0. The van der Waals surface area contributed by atoms with E-state index in [0.29, 0.717) is 15.8 Å². The third kappa shape index (κ3) is 6.61. The third-order valence-corrected chi connectivity index (χ3v) is 12.5. The van der Waals surface area contributed by atoms with Crippen molar-refractivity contribution in [1.29, 1.82) is 0 Å². The molecule has 1 aliphatic carbocycles. The van der Waals surface area contributed by atoms with Crippen LogP contribution in [-0.4, -0.2) is 61.4 Å². The van der Waals surface area contributed by atoms with Crippen LogP contribution in [0.2, 0.25) is 0 Å². The fourth-order valence-corrected chi connectivity index (χ4v) is 9.20. The lowest BCUT2D eigenvalue weighted by Crippen LogP contribution is -2.63. The van der Waals surface area contributed by atoms with Crippen LogP contribution < -0.4 is 0 Å². The number of halogens is 9. The number of fused-ring (bicyclic) bond motifs is 1. The van der Waals surface area contributed by atoms with Crippen LogP contribution in [0.5, 0.6) is 0 Å². The minimum atomic E-state index is -7.43. The lowest BCUT2D eigenvalue weighted by atomic mass is 10.0. The molecule has 0 bridgehead atoms. The van der Waals surface area contributed by atoms with Crippen LogP contribution in [0.25, 0.3) is 10.8 Å². The monoisotopic (exact) mass is 660 g/mol. The van der Waals surface area contributed by atoms with E-state index >= 15 is 0 Å². The van der Waals surface area contributed by atoms with Crippen molar-refractivity contribution < 1.29 is 60.9 Å². The molecule has 17 heteroatoms. The molecule has 0 spiro atoms. The molecule has 41 heavy (non-hydrogen) atoms. The van der Waals surface area contributed by atoms with Gasteiger partial charge in [-0.2, -0.15) is 39.5 Å². The average Bonchev–Trinajstić information content (AvgIpc) is 3.42. The van der Waals surface area contributed by atoms with Crippen LogP contribution in [0.4, 0.5) is 39.5 Å². The van der Waals surface area contributed by atoms with Crippen LogP contribution in [0.15, 0.2) is 46.2 Å². The largest absolute Gasteiger partial charge is 0.743 e. The molecule has 2 fully saturated rings. The van der Waals surface area contributed by atoms with Crippen molar-refractivity contribution in [2.24, 2.45) is 0 Å². The number of sulfone groups is 1. The van der Waals surface area contributed by atoms with Gasteiger partial charge in [0.05, 0.1) is 10.1 Å². The van der Waals surface area contributed by atoms with E-state index in [1.165, 1.54) is 41.0 Å². The number of alkyl halides is 9. The summed E-state index contributed by atoms with van der Waals surface area (Å²) >= 11 is 0. The van der Waals surface area contributed by atoms with Gasteiger partial charge in [0.15, 0.2) is 24.9 Å². The van der Waals surface area contributed by atoms with E-state index in [2.05, 4.69) is 18.2 Å². The average molecular weight is 661 g/mol. The van der Waals surface area contributed by atoms with Gasteiger partial charge in [-0.25, -0.2) is 16.8 Å². The van der Waals surface area contributed by atoms with E-state index < -0.39 is 43.2 Å². The minimum absolute atomic E-state index is 0.178. The lowest BCUT2D eigenvalue weighted by Gasteiger charge is -2.34. The molecule has 2 aromatic carbocycles. The van der Waals surface area contributed by atoms with E-state index in [1.807, 2.05) is 18.2 Å². The van der Waals surface area contributed by atoms with E-state index in [9.17, 15) is 60.9 Å². The Morgan fingerprint density at radius 2 is 1.20 bits per heavy atom. The van der Waals surface area contributed by atoms with Crippen molar-refractivity contribution >= 4 is 41.6 Å². The normalized spacial score (nSPS) is 18.8. The van der Waals surface area contributed by atoms with E-state index in [-0.39, 0.29) is 5.25 Å². The van der Waals surface area contributed by atoms with Crippen molar-refractivity contribution in [1.82, 2.24) is 0 Å². The highest BCUT2D eigenvalue weighted by molar-refractivity contribution is 7.97. The Morgan fingerprint density at radius 3 is 1.71 bits per heavy atom. The zero-order valence-electron chi connectivity index (χ0n) is 21.1. The van der Waals surface area contributed by atoms with Crippen LogP contribution in [-0.2, 0) is 30.9 Å². The second kappa shape index (κ2) is 11.8. The molecule has 0 amide bonds. The SMILES string of the molecule is O=S(=O)([O-])C(F)(F)C(F)(F)C(F)(F)C(F)(F)F.O=S(=O)(c1ccc2cc([S+]3CCCC3)ccc2c1)C1CCCCC1. The number of hydrogen-bond donors (Lipinski definition) is 0. The summed E-state index contributed by atoms with van der Waals surface area (Å²) in [4.78, 5) is 1.96. The molecule has 4 rings (SSSR count). The fourth-order valence-electron chi connectivity index (χ4n) is 4.53. The van der Waals surface area contributed by atoms with Gasteiger partial charge in [0.1, 0.15) is 11.5 Å². The summed E-state index contributed by atoms with van der Waals surface area (Å²) in [5, 5.41) is -5.06. The van der Waals surface area contributed by atoms with Crippen molar-refractivity contribution in [3.8, 4) is 0 Å². The Bertz CT molecular complexity index is 1450. The Morgan fingerprint density at radius 1 is 0.683 bits per heavy atom. The predicted octanol–water partition coefficient (Wildman–Crippen LogP) is 6.67. The molecule has 0 N–H and O–H groups in total. The van der Waals surface area contributed by atoms with Crippen molar-refractivity contribution in [3.63, 3.8) is 0 Å². The van der Waals surface area contributed by atoms with Gasteiger partial charge in [-0.05, 0) is 60.7 Å². The highest BCUT2D eigenvalue weighted by Crippen LogP contribution is 2.54. The van der Waals surface area contributed by atoms with Gasteiger partial charge in [-0.15, -0.1) is 0 Å². The van der Waals surface area contributed by atoms with Gasteiger partial charge < -0.3 is 4.55 Å². The number of hydrogen-bond acceptors (Lipinski definition) is 5. The van der Waals surface area contributed by atoms with Crippen LogP contribution >= 0.6 is 0 Å². The Hall–Kier alpha value is -1.72. The van der Waals surface area contributed by atoms with Crippen molar-refractivity contribution in [3.05, 3.63) is 36.4 Å². The first-order valence-corrected chi connectivity index (χ1v) is 16.8. The highest BCUT2D eigenvalue weighted by Gasteiger charge is 2.83. The van der Waals surface area contributed by atoms with Gasteiger partial charge in [0.25, 0.3) is 0 Å². The summed E-state index contributed by atoms with van der Waals surface area (Å²) in [6.45, 7) is 0. The number of rotatable bonds is 6. The Balaban J connectivity index is 0.000000242. The van der Waals surface area contributed by atoms with Crippen molar-refractivity contribution in [2.75, 3.05) is 11.5 Å². The first-order valence-electron chi connectivity index (χ1n) is 12.3. The van der Waals surface area contributed by atoms with Gasteiger partial charge >= 0.3 is 23.3 Å². The molecule has 1 heterocycles. The summed E-state index contributed by atoms with van der Waals surface area (Å²) in [6.07, 6.45) is 0.440. The maximum atomic E-state index is 12.9. The molecular weight excluding hydrogens is 635 g/mol. The third-order valence-electron chi connectivity index (χ3n) is 6.90. The van der Waals surface area contributed by atoms with Crippen molar-refractivity contribution in [2.45, 2.75) is 83.3 Å². The molecule has 1 saturated carbocycles. The Kier molecular flexibility index (Phi) is 9.68. The minimum Gasteiger partial charge on any atom is -0.743 e. The molecule has 1 saturated heterocycles. The standard InChI is InChI=1S/C20H25O2S2.C4HF9O3S/c21-24(22,19-6-2-1-3-7-19)20-11-9-16-14-18(10-8-17(16)15-20)23-12-4-5-13-23;5-1(6,3(9,10)11)2(7,8)4(12,13)17(14,15)16/h8-11,14-15,19H,1-7,12-13H2;(H,14,15,16)/q+1;/p-1. The van der Waals surface area contributed by atoms with Gasteiger partial charge in [0, 0.05) is 17.0 Å². The zero-order valence-corrected chi connectivity index (χ0v) is 23.5. The maximum Gasteiger partial charge on any atom is 0.460 e. The summed E-state index contributed by atoms with van der Waals surface area (Å²) in [7, 11) is -10.2. The van der Waals surface area contributed by atoms with Gasteiger partial charge in [-0.1, -0.05) is 25.3 Å². The molecule has 0 unspecified atom stereocenters.